The second kappa shape index (κ2) is 10.7. The van der Waals surface area contributed by atoms with Crippen molar-refractivity contribution in [1.29, 1.82) is 0 Å². The molecule has 0 fully saturated rings. The smallest absolute Gasteiger partial charge is 0.310 e. The molecule has 1 heterocycles. The SMILES string of the molecule is CC(C)C(C(=O)OCc1ccc2ccccc2n1)C(C)C(Oc1ccccc1)=C(Cl)Cl. The molecule has 0 saturated heterocycles. The third kappa shape index (κ3) is 5.99. The molecule has 0 saturated carbocycles. The highest BCUT2D eigenvalue weighted by Crippen LogP contribution is 2.34. The zero-order valence-corrected chi connectivity index (χ0v) is 19.2. The lowest BCUT2D eigenvalue weighted by Crippen LogP contribution is -2.31. The van der Waals surface area contributed by atoms with E-state index in [0.29, 0.717) is 17.2 Å². The summed E-state index contributed by atoms with van der Waals surface area (Å²) in [5.41, 5.74) is 1.55. The molecule has 6 heteroatoms. The Hall–Kier alpha value is -2.56. The van der Waals surface area contributed by atoms with E-state index in [0.717, 1.165) is 10.9 Å². The van der Waals surface area contributed by atoms with Gasteiger partial charge in [0.2, 0.25) is 0 Å². The van der Waals surface area contributed by atoms with Crippen molar-refractivity contribution in [2.45, 2.75) is 27.4 Å². The van der Waals surface area contributed by atoms with Crippen LogP contribution in [0.15, 0.2) is 77.0 Å². The summed E-state index contributed by atoms with van der Waals surface area (Å²) in [6, 6.07) is 20.8. The lowest BCUT2D eigenvalue weighted by atomic mass is 9.83. The van der Waals surface area contributed by atoms with Crippen molar-refractivity contribution in [3.05, 3.63) is 82.7 Å². The minimum atomic E-state index is -0.494. The van der Waals surface area contributed by atoms with Gasteiger partial charge in [-0.3, -0.25) is 4.79 Å². The van der Waals surface area contributed by atoms with E-state index in [1.54, 1.807) is 12.1 Å². The van der Waals surface area contributed by atoms with Gasteiger partial charge in [0.25, 0.3) is 0 Å². The zero-order chi connectivity index (χ0) is 22.4. The molecule has 0 amide bonds. The topological polar surface area (TPSA) is 48.4 Å². The van der Waals surface area contributed by atoms with Crippen LogP contribution in [0, 0.1) is 17.8 Å². The molecule has 4 nitrogen and oxygen atoms in total. The average Bonchev–Trinajstić information content (AvgIpc) is 2.76. The zero-order valence-electron chi connectivity index (χ0n) is 17.7. The highest BCUT2D eigenvalue weighted by atomic mass is 35.5. The van der Waals surface area contributed by atoms with Crippen molar-refractivity contribution in [3.8, 4) is 5.75 Å². The van der Waals surface area contributed by atoms with E-state index in [4.69, 9.17) is 32.7 Å². The normalized spacial score (nSPS) is 13.0. The standard InChI is InChI=1S/C25H25Cl2NO3/c1-16(2)22(17(3)23(24(26)27)31-20-10-5-4-6-11-20)25(29)30-15-19-14-13-18-9-7-8-12-21(18)28-19/h4-14,16-17,22H,15H2,1-3H3. The maximum Gasteiger partial charge on any atom is 0.310 e. The van der Waals surface area contributed by atoms with Crippen molar-refractivity contribution in [2.75, 3.05) is 0 Å². The predicted octanol–water partition coefficient (Wildman–Crippen LogP) is 6.91. The monoisotopic (exact) mass is 457 g/mol. The number of carbonyl (C=O) groups is 1. The van der Waals surface area contributed by atoms with Crippen LogP contribution >= 0.6 is 23.2 Å². The second-order valence-electron chi connectivity index (χ2n) is 7.70. The van der Waals surface area contributed by atoms with Gasteiger partial charge >= 0.3 is 5.97 Å². The van der Waals surface area contributed by atoms with Crippen molar-refractivity contribution >= 4 is 40.1 Å². The van der Waals surface area contributed by atoms with Crippen molar-refractivity contribution in [2.24, 2.45) is 17.8 Å². The Labute approximate surface area is 192 Å². The summed E-state index contributed by atoms with van der Waals surface area (Å²) in [4.78, 5) is 17.6. The fraction of sp³-hybridized carbons (Fsp3) is 0.280. The summed E-state index contributed by atoms with van der Waals surface area (Å²) in [5.74, 6) is -0.308. The van der Waals surface area contributed by atoms with Crippen molar-refractivity contribution < 1.29 is 14.3 Å². The van der Waals surface area contributed by atoms with Gasteiger partial charge in [0, 0.05) is 11.3 Å². The van der Waals surface area contributed by atoms with Crippen LogP contribution in [0.3, 0.4) is 0 Å². The minimum Gasteiger partial charge on any atom is -0.459 e. The summed E-state index contributed by atoms with van der Waals surface area (Å²) < 4.78 is 11.6. The quantitative estimate of drug-likeness (QED) is 0.272. The molecule has 0 aliphatic rings. The van der Waals surface area contributed by atoms with Crippen LogP contribution in [0.2, 0.25) is 0 Å². The first kappa shape index (κ1) is 23.1. The van der Waals surface area contributed by atoms with Crippen LogP contribution < -0.4 is 4.74 Å². The van der Waals surface area contributed by atoms with E-state index < -0.39 is 5.92 Å². The first-order valence-corrected chi connectivity index (χ1v) is 10.9. The third-order valence-corrected chi connectivity index (χ3v) is 5.49. The number of nitrogens with zero attached hydrogens (tertiary/aromatic N) is 1. The number of halogens is 2. The summed E-state index contributed by atoms with van der Waals surface area (Å²) in [7, 11) is 0. The predicted molar refractivity (Wildman–Crippen MR) is 125 cm³/mol. The molecule has 0 aliphatic heterocycles. The molecule has 2 aromatic carbocycles. The number of benzene rings is 2. The molecule has 3 rings (SSSR count). The van der Waals surface area contributed by atoms with Gasteiger partial charge in [-0.05, 0) is 30.2 Å². The highest BCUT2D eigenvalue weighted by Gasteiger charge is 2.34. The first-order valence-electron chi connectivity index (χ1n) is 10.2. The molecule has 1 aromatic heterocycles. The number of fused-ring (bicyclic) bond motifs is 1. The first-order chi connectivity index (χ1) is 14.9. The summed E-state index contributed by atoms with van der Waals surface area (Å²) in [6.07, 6.45) is 0. The lowest BCUT2D eigenvalue weighted by molar-refractivity contribution is -0.153. The van der Waals surface area contributed by atoms with Gasteiger partial charge in [-0.25, -0.2) is 4.98 Å². The molecule has 3 aromatic rings. The Bertz CT molecular complexity index is 1060. The average molecular weight is 458 g/mol. The van der Waals surface area contributed by atoms with Crippen LogP contribution in [-0.2, 0) is 16.1 Å². The lowest BCUT2D eigenvalue weighted by Gasteiger charge is -2.27. The van der Waals surface area contributed by atoms with E-state index in [1.165, 1.54) is 0 Å². The molecular weight excluding hydrogens is 433 g/mol. The fourth-order valence-electron chi connectivity index (χ4n) is 3.57. The van der Waals surface area contributed by atoms with E-state index in [-0.39, 0.29) is 28.9 Å². The molecule has 0 aliphatic carbocycles. The number of aromatic nitrogens is 1. The van der Waals surface area contributed by atoms with Gasteiger partial charge in [-0.1, -0.05) is 86.4 Å². The number of rotatable bonds is 8. The summed E-state index contributed by atoms with van der Waals surface area (Å²) in [6.45, 7) is 5.87. The van der Waals surface area contributed by atoms with Gasteiger partial charge < -0.3 is 9.47 Å². The van der Waals surface area contributed by atoms with Gasteiger partial charge in [-0.2, -0.15) is 0 Å². The molecule has 0 spiro atoms. The Kier molecular flexibility index (Phi) is 7.94. The second-order valence-corrected chi connectivity index (χ2v) is 8.65. The third-order valence-electron chi connectivity index (χ3n) is 5.12. The number of ether oxygens (including phenoxy) is 2. The number of hydrogen-bond donors (Lipinski definition) is 0. The minimum absolute atomic E-state index is 0.00833. The van der Waals surface area contributed by atoms with Gasteiger partial charge in [0.05, 0.1) is 17.1 Å². The molecule has 0 N–H and O–H groups in total. The maximum absolute atomic E-state index is 13.0. The fourth-order valence-corrected chi connectivity index (χ4v) is 3.99. The van der Waals surface area contributed by atoms with E-state index in [1.807, 2.05) is 75.4 Å². The van der Waals surface area contributed by atoms with E-state index >= 15 is 0 Å². The van der Waals surface area contributed by atoms with E-state index in [9.17, 15) is 4.79 Å². The summed E-state index contributed by atoms with van der Waals surface area (Å²) in [5, 5.41) is 1.04. The van der Waals surface area contributed by atoms with Gasteiger partial charge in [-0.15, -0.1) is 0 Å². The molecule has 0 radical (unpaired) electrons. The molecule has 162 valence electrons. The number of esters is 1. The molecule has 0 bridgehead atoms. The number of hydrogen-bond acceptors (Lipinski definition) is 4. The number of pyridine rings is 1. The molecule has 31 heavy (non-hydrogen) atoms. The highest BCUT2D eigenvalue weighted by molar-refractivity contribution is 6.56. The number of carbonyl (C=O) groups excluding carboxylic acids is 1. The Morgan fingerprint density at radius 2 is 1.61 bits per heavy atom. The molecule has 2 atom stereocenters. The van der Waals surface area contributed by atoms with Gasteiger partial charge in [0.1, 0.15) is 22.6 Å². The van der Waals surface area contributed by atoms with Crippen LogP contribution in [0.1, 0.15) is 26.5 Å². The number of allylic oxidation sites excluding steroid dienone is 1. The van der Waals surface area contributed by atoms with Crippen molar-refractivity contribution in [3.63, 3.8) is 0 Å². The number of para-hydroxylation sites is 2. The Morgan fingerprint density at radius 1 is 0.935 bits per heavy atom. The van der Waals surface area contributed by atoms with Gasteiger partial charge in [0.15, 0.2) is 0 Å². The Morgan fingerprint density at radius 3 is 2.29 bits per heavy atom. The Balaban J connectivity index is 1.74. The van der Waals surface area contributed by atoms with Crippen LogP contribution in [0.5, 0.6) is 5.75 Å². The van der Waals surface area contributed by atoms with Crippen LogP contribution in [0.25, 0.3) is 10.9 Å². The summed E-state index contributed by atoms with van der Waals surface area (Å²) >= 11 is 12.3. The van der Waals surface area contributed by atoms with Crippen LogP contribution in [0.4, 0.5) is 0 Å². The maximum atomic E-state index is 13.0. The van der Waals surface area contributed by atoms with Crippen molar-refractivity contribution in [1.82, 2.24) is 4.98 Å². The van der Waals surface area contributed by atoms with Crippen LogP contribution in [-0.4, -0.2) is 11.0 Å². The largest absolute Gasteiger partial charge is 0.459 e. The van der Waals surface area contributed by atoms with E-state index in [2.05, 4.69) is 4.98 Å². The molecule has 2 unspecified atom stereocenters. The molecular formula is C25H25Cl2NO3.